The first-order chi connectivity index (χ1) is 12.2. The van der Waals surface area contributed by atoms with Gasteiger partial charge in [-0.15, -0.1) is 0 Å². The molecule has 1 aromatic heterocycles. The van der Waals surface area contributed by atoms with E-state index in [-0.39, 0.29) is 5.69 Å². The Morgan fingerprint density at radius 2 is 1.80 bits per heavy atom. The van der Waals surface area contributed by atoms with Gasteiger partial charge in [-0.05, 0) is 35.6 Å². The van der Waals surface area contributed by atoms with Crippen molar-refractivity contribution in [1.82, 2.24) is 10.5 Å². The minimum absolute atomic E-state index is 0.160. The van der Waals surface area contributed by atoms with Gasteiger partial charge in [0.1, 0.15) is 5.69 Å². The van der Waals surface area contributed by atoms with Crippen LogP contribution in [0.3, 0.4) is 0 Å². The molecule has 1 saturated carbocycles. The molecule has 25 heavy (non-hydrogen) atoms. The Bertz CT molecular complexity index is 640. The zero-order chi connectivity index (χ0) is 17.9. The molecule has 134 valence electrons. The van der Waals surface area contributed by atoms with Crippen LogP contribution in [0.1, 0.15) is 53.7 Å². The number of pyridine rings is 1. The number of hydrogen-bond acceptors (Lipinski definition) is 4. The number of hydrogen-bond donors (Lipinski definition) is 3. The smallest absolute Gasteiger partial charge is 0.354 e. The minimum atomic E-state index is -0.939. The number of carboxylic acid groups (broad SMARTS) is 1. The Labute approximate surface area is 148 Å². The molecule has 3 rings (SSSR count). The summed E-state index contributed by atoms with van der Waals surface area (Å²) in [6, 6.07) is 13.4. The molecule has 0 unspecified atom stereocenters. The Kier molecular flexibility index (Phi) is 8.09. The Morgan fingerprint density at radius 1 is 1.08 bits per heavy atom. The summed E-state index contributed by atoms with van der Waals surface area (Å²) in [6.07, 6.45) is 9.16. The van der Waals surface area contributed by atoms with Gasteiger partial charge in [-0.2, -0.15) is 0 Å². The number of carboxylic acids is 1. The summed E-state index contributed by atoms with van der Waals surface area (Å²) in [5.74, 6) is -0.205. The summed E-state index contributed by atoms with van der Waals surface area (Å²) in [6.45, 7) is 0.515. The molecule has 1 aromatic carbocycles. The maximum Gasteiger partial charge on any atom is 0.354 e. The van der Waals surface area contributed by atoms with Crippen LogP contribution in [0.2, 0.25) is 0 Å². The molecule has 0 saturated heterocycles. The molecule has 0 aliphatic heterocycles. The number of aromatic carboxylic acids is 1. The van der Waals surface area contributed by atoms with Gasteiger partial charge < -0.3 is 10.3 Å². The quantitative estimate of drug-likeness (QED) is 0.714. The summed E-state index contributed by atoms with van der Waals surface area (Å²) in [4.78, 5) is 14.6. The van der Waals surface area contributed by atoms with E-state index in [1.54, 1.807) is 12.3 Å². The van der Waals surface area contributed by atoms with E-state index in [1.165, 1.54) is 32.1 Å². The third-order valence-corrected chi connectivity index (χ3v) is 4.42. The third kappa shape index (κ3) is 7.03. The Morgan fingerprint density at radius 3 is 2.44 bits per heavy atom. The van der Waals surface area contributed by atoms with E-state index in [4.69, 9.17) is 10.3 Å². The number of carbonyl (C=O) groups is 1. The van der Waals surface area contributed by atoms with Gasteiger partial charge in [0.15, 0.2) is 0 Å². The molecule has 5 heteroatoms. The zero-order valence-corrected chi connectivity index (χ0v) is 14.4. The molecule has 2 aromatic rings. The van der Waals surface area contributed by atoms with Gasteiger partial charge in [0, 0.05) is 12.7 Å². The standard InChI is InChI=1S/C13H17NO2.C7H9NO/c15-13(16)12-9-11(6-7-14-12)8-10-4-2-1-3-5-10;9-8-6-7-4-2-1-3-5-7/h6-7,9-10H,1-5,8H2,(H,15,16);1-5,8-9H,6H2. The number of hydroxylamine groups is 1. The van der Waals surface area contributed by atoms with Crippen molar-refractivity contribution in [1.29, 1.82) is 0 Å². The maximum atomic E-state index is 10.8. The fraction of sp³-hybridized carbons (Fsp3) is 0.400. The SMILES string of the molecule is O=C(O)c1cc(CC2CCCCC2)ccn1.ONCc1ccccc1. The first-order valence-electron chi connectivity index (χ1n) is 8.78. The van der Waals surface area contributed by atoms with Crippen LogP contribution in [0.4, 0.5) is 0 Å². The monoisotopic (exact) mass is 342 g/mol. The summed E-state index contributed by atoms with van der Waals surface area (Å²) in [5.41, 5.74) is 4.44. The highest BCUT2D eigenvalue weighted by Gasteiger charge is 2.14. The Hall–Kier alpha value is -2.24. The van der Waals surface area contributed by atoms with Crippen LogP contribution < -0.4 is 5.48 Å². The van der Waals surface area contributed by atoms with Crippen molar-refractivity contribution in [2.24, 2.45) is 5.92 Å². The lowest BCUT2D eigenvalue weighted by molar-refractivity contribution is 0.0690. The summed E-state index contributed by atoms with van der Waals surface area (Å²) in [7, 11) is 0. The molecular formula is C20H26N2O3. The van der Waals surface area contributed by atoms with Crippen molar-refractivity contribution in [3.8, 4) is 0 Å². The van der Waals surface area contributed by atoms with Gasteiger partial charge in [-0.25, -0.2) is 15.3 Å². The third-order valence-electron chi connectivity index (χ3n) is 4.42. The highest BCUT2D eigenvalue weighted by molar-refractivity contribution is 5.85. The summed E-state index contributed by atoms with van der Waals surface area (Å²) < 4.78 is 0. The van der Waals surface area contributed by atoms with Crippen molar-refractivity contribution in [2.45, 2.75) is 45.1 Å². The van der Waals surface area contributed by atoms with Crippen LogP contribution in [0.25, 0.3) is 0 Å². The fourth-order valence-electron chi connectivity index (χ4n) is 3.13. The highest BCUT2D eigenvalue weighted by atomic mass is 16.5. The molecule has 0 amide bonds. The van der Waals surface area contributed by atoms with E-state index in [9.17, 15) is 4.79 Å². The van der Waals surface area contributed by atoms with Crippen LogP contribution in [-0.4, -0.2) is 21.3 Å². The van der Waals surface area contributed by atoms with E-state index in [0.717, 1.165) is 23.5 Å². The number of nitrogens with zero attached hydrogens (tertiary/aromatic N) is 1. The van der Waals surface area contributed by atoms with Crippen LogP contribution in [0.15, 0.2) is 48.7 Å². The second-order valence-corrected chi connectivity index (χ2v) is 6.38. The van der Waals surface area contributed by atoms with Crippen molar-refractivity contribution < 1.29 is 15.1 Å². The van der Waals surface area contributed by atoms with E-state index in [2.05, 4.69) is 10.5 Å². The predicted octanol–water partition coefficient (Wildman–Crippen LogP) is 4.07. The molecule has 0 spiro atoms. The summed E-state index contributed by atoms with van der Waals surface area (Å²) >= 11 is 0. The lowest BCUT2D eigenvalue weighted by atomic mass is 9.85. The molecule has 1 aliphatic carbocycles. The largest absolute Gasteiger partial charge is 0.477 e. The molecule has 5 nitrogen and oxygen atoms in total. The fourth-order valence-corrected chi connectivity index (χ4v) is 3.13. The number of nitrogens with one attached hydrogen (secondary N) is 1. The van der Waals surface area contributed by atoms with Crippen molar-refractivity contribution >= 4 is 5.97 Å². The first kappa shape index (κ1) is 19.1. The molecule has 1 fully saturated rings. The maximum absolute atomic E-state index is 10.8. The Balaban J connectivity index is 0.000000212. The second-order valence-electron chi connectivity index (χ2n) is 6.38. The average molecular weight is 342 g/mol. The molecule has 0 bridgehead atoms. The van der Waals surface area contributed by atoms with Crippen LogP contribution >= 0.6 is 0 Å². The number of benzene rings is 1. The molecule has 0 atom stereocenters. The first-order valence-corrected chi connectivity index (χ1v) is 8.78. The molecular weight excluding hydrogens is 316 g/mol. The van der Waals surface area contributed by atoms with Gasteiger partial charge in [-0.1, -0.05) is 62.4 Å². The van der Waals surface area contributed by atoms with Crippen LogP contribution in [0.5, 0.6) is 0 Å². The van der Waals surface area contributed by atoms with E-state index < -0.39 is 5.97 Å². The normalized spacial score (nSPS) is 14.4. The minimum Gasteiger partial charge on any atom is -0.477 e. The molecule has 0 radical (unpaired) electrons. The van der Waals surface area contributed by atoms with Gasteiger partial charge in [0.25, 0.3) is 0 Å². The van der Waals surface area contributed by atoms with Crippen LogP contribution in [0, 0.1) is 5.92 Å². The van der Waals surface area contributed by atoms with E-state index in [0.29, 0.717) is 6.54 Å². The van der Waals surface area contributed by atoms with Crippen molar-refractivity contribution in [2.75, 3.05) is 0 Å². The molecule has 1 aliphatic rings. The van der Waals surface area contributed by atoms with Crippen molar-refractivity contribution in [3.63, 3.8) is 0 Å². The van der Waals surface area contributed by atoms with Crippen LogP contribution in [-0.2, 0) is 13.0 Å². The van der Waals surface area contributed by atoms with Gasteiger partial charge in [0.05, 0.1) is 0 Å². The lowest BCUT2D eigenvalue weighted by Gasteiger charge is -2.21. The van der Waals surface area contributed by atoms with Gasteiger partial charge >= 0.3 is 5.97 Å². The highest BCUT2D eigenvalue weighted by Crippen LogP contribution is 2.26. The number of aromatic nitrogens is 1. The molecule has 1 heterocycles. The topological polar surface area (TPSA) is 82.5 Å². The lowest BCUT2D eigenvalue weighted by Crippen LogP contribution is -2.10. The number of rotatable bonds is 5. The van der Waals surface area contributed by atoms with Gasteiger partial charge in [0.2, 0.25) is 0 Å². The van der Waals surface area contributed by atoms with E-state index >= 15 is 0 Å². The van der Waals surface area contributed by atoms with E-state index in [1.807, 2.05) is 36.4 Å². The average Bonchev–Trinajstić information content (AvgIpc) is 2.64. The predicted molar refractivity (Wildman–Crippen MR) is 96.5 cm³/mol. The molecule has 3 N–H and O–H groups in total. The summed E-state index contributed by atoms with van der Waals surface area (Å²) in [5, 5.41) is 17.1. The van der Waals surface area contributed by atoms with Gasteiger partial charge in [-0.3, -0.25) is 0 Å². The zero-order valence-electron chi connectivity index (χ0n) is 14.4. The second kappa shape index (κ2) is 10.6. The van der Waals surface area contributed by atoms with Crippen molar-refractivity contribution in [3.05, 3.63) is 65.5 Å².